The van der Waals surface area contributed by atoms with Crippen LogP contribution in [0, 0.1) is 11.7 Å². The summed E-state index contributed by atoms with van der Waals surface area (Å²) in [5.74, 6) is -0.178. The molecule has 1 aromatic rings. The molecule has 2 nitrogen and oxygen atoms in total. The normalized spacial score (nSPS) is 25.5. The lowest BCUT2D eigenvalue weighted by atomic mass is 9.96. The van der Waals surface area contributed by atoms with E-state index in [2.05, 4.69) is 0 Å². The summed E-state index contributed by atoms with van der Waals surface area (Å²) in [7, 11) is 0. The van der Waals surface area contributed by atoms with Crippen LogP contribution in [0.2, 0.25) is 0 Å². The molecule has 0 amide bonds. The number of rotatable bonds is 2. The molecule has 2 atom stereocenters. The van der Waals surface area contributed by atoms with E-state index in [1.165, 1.54) is 12.1 Å². The maximum atomic E-state index is 12.7. The van der Waals surface area contributed by atoms with Crippen molar-refractivity contribution in [1.82, 2.24) is 0 Å². The Morgan fingerprint density at radius 1 is 1.27 bits per heavy atom. The molecule has 0 heterocycles. The first-order chi connectivity index (χ1) is 7.16. The summed E-state index contributed by atoms with van der Waals surface area (Å²) in [6, 6.07) is 5.88. The Morgan fingerprint density at radius 3 is 2.47 bits per heavy atom. The topological polar surface area (TPSA) is 43.1 Å². The van der Waals surface area contributed by atoms with Crippen LogP contribution in [0.4, 0.5) is 4.39 Å². The van der Waals surface area contributed by atoms with Crippen LogP contribution in [0.15, 0.2) is 24.3 Å². The van der Waals surface area contributed by atoms with Crippen molar-refractivity contribution in [3.63, 3.8) is 0 Å². The van der Waals surface area contributed by atoms with Gasteiger partial charge in [0.05, 0.1) is 0 Å². The molecular formula is C12H14FNO. The van der Waals surface area contributed by atoms with E-state index in [4.69, 9.17) is 5.73 Å². The Morgan fingerprint density at radius 2 is 1.93 bits per heavy atom. The van der Waals surface area contributed by atoms with Crippen molar-refractivity contribution >= 4 is 5.78 Å². The monoisotopic (exact) mass is 207 g/mol. The summed E-state index contributed by atoms with van der Waals surface area (Å²) in [6.45, 7) is 0. The van der Waals surface area contributed by atoms with Gasteiger partial charge in [-0.25, -0.2) is 4.39 Å². The zero-order chi connectivity index (χ0) is 10.8. The smallest absolute Gasteiger partial charge is 0.166 e. The minimum atomic E-state index is -0.310. The third kappa shape index (κ3) is 2.23. The zero-order valence-electron chi connectivity index (χ0n) is 8.45. The molecule has 15 heavy (non-hydrogen) atoms. The Labute approximate surface area is 88.3 Å². The molecule has 0 bridgehead atoms. The minimum Gasteiger partial charge on any atom is -0.328 e. The molecule has 1 fully saturated rings. The lowest BCUT2D eigenvalue weighted by molar-refractivity contribution is 0.0922. The van der Waals surface area contributed by atoms with E-state index in [0.717, 1.165) is 19.3 Å². The number of carbonyl (C=O) groups is 1. The van der Waals surface area contributed by atoms with Gasteiger partial charge in [-0.15, -0.1) is 0 Å². The molecule has 2 N–H and O–H groups in total. The van der Waals surface area contributed by atoms with Crippen molar-refractivity contribution in [2.75, 3.05) is 0 Å². The second-order valence-electron chi connectivity index (χ2n) is 4.14. The van der Waals surface area contributed by atoms with Gasteiger partial charge in [0.25, 0.3) is 0 Å². The van der Waals surface area contributed by atoms with Gasteiger partial charge in [-0.3, -0.25) is 4.79 Å². The van der Waals surface area contributed by atoms with E-state index in [1.54, 1.807) is 12.1 Å². The fraction of sp³-hybridized carbons (Fsp3) is 0.417. The van der Waals surface area contributed by atoms with Crippen LogP contribution in [0.3, 0.4) is 0 Å². The largest absolute Gasteiger partial charge is 0.328 e. The average Bonchev–Trinajstić information content (AvgIpc) is 2.65. The highest BCUT2D eigenvalue weighted by molar-refractivity contribution is 5.98. The van der Waals surface area contributed by atoms with E-state index < -0.39 is 0 Å². The van der Waals surface area contributed by atoms with Gasteiger partial charge in [-0.05, 0) is 43.5 Å². The number of hydrogen-bond donors (Lipinski definition) is 1. The molecule has 1 aromatic carbocycles. The zero-order valence-corrected chi connectivity index (χ0v) is 8.45. The van der Waals surface area contributed by atoms with Gasteiger partial charge in [0, 0.05) is 17.5 Å². The first kappa shape index (κ1) is 10.3. The highest BCUT2D eigenvalue weighted by atomic mass is 19.1. The molecule has 3 heteroatoms. The van der Waals surface area contributed by atoms with Gasteiger partial charge in [0.2, 0.25) is 0 Å². The fourth-order valence-corrected chi connectivity index (χ4v) is 2.10. The third-order valence-corrected chi connectivity index (χ3v) is 2.97. The maximum Gasteiger partial charge on any atom is 0.166 e. The van der Waals surface area contributed by atoms with E-state index in [0.29, 0.717) is 5.56 Å². The summed E-state index contributed by atoms with van der Waals surface area (Å²) >= 11 is 0. The van der Waals surface area contributed by atoms with E-state index >= 15 is 0 Å². The predicted molar refractivity (Wildman–Crippen MR) is 56.0 cm³/mol. The Bertz CT molecular complexity index is 360. The molecule has 2 unspecified atom stereocenters. The molecule has 0 aliphatic heterocycles. The summed E-state index contributed by atoms with van der Waals surface area (Å²) in [5, 5.41) is 0. The highest BCUT2D eigenvalue weighted by Gasteiger charge is 2.28. The summed E-state index contributed by atoms with van der Waals surface area (Å²) in [5.41, 5.74) is 6.35. The van der Waals surface area contributed by atoms with Gasteiger partial charge in [-0.2, -0.15) is 0 Å². The van der Waals surface area contributed by atoms with Crippen LogP contribution >= 0.6 is 0 Å². The second-order valence-corrected chi connectivity index (χ2v) is 4.14. The van der Waals surface area contributed by atoms with Crippen LogP contribution in [0.25, 0.3) is 0 Å². The number of carbonyl (C=O) groups excluding carboxylic acids is 1. The molecule has 1 saturated carbocycles. The molecule has 0 spiro atoms. The Hall–Kier alpha value is -1.22. The molecule has 0 saturated heterocycles. The van der Waals surface area contributed by atoms with Crippen LogP contribution < -0.4 is 5.73 Å². The molecule has 1 aliphatic carbocycles. The van der Waals surface area contributed by atoms with Gasteiger partial charge in [0.1, 0.15) is 5.82 Å². The molecule has 1 aliphatic rings. The van der Waals surface area contributed by atoms with E-state index in [-0.39, 0.29) is 23.6 Å². The molecule has 2 rings (SSSR count). The van der Waals surface area contributed by atoms with Crippen molar-refractivity contribution in [2.45, 2.75) is 25.3 Å². The van der Waals surface area contributed by atoms with Gasteiger partial charge in [-0.1, -0.05) is 0 Å². The average molecular weight is 207 g/mol. The van der Waals surface area contributed by atoms with Gasteiger partial charge in [0.15, 0.2) is 5.78 Å². The molecule has 0 aromatic heterocycles. The highest BCUT2D eigenvalue weighted by Crippen LogP contribution is 2.27. The van der Waals surface area contributed by atoms with Crippen LogP contribution in [0.5, 0.6) is 0 Å². The van der Waals surface area contributed by atoms with E-state index in [9.17, 15) is 9.18 Å². The second kappa shape index (κ2) is 4.11. The van der Waals surface area contributed by atoms with Crippen molar-refractivity contribution in [3.8, 4) is 0 Å². The lowest BCUT2D eigenvalue weighted by Crippen LogP contribution is -2.18. The Kier molecular flexibility index (Phi) is 2.82. The molecule has 80 valence electrons. The fourth-order valence-electron chi connectivity index (χ4n) is 2.10. The van der Waals surface area contributed by atoms with Crippen LogP contribution in [-0.4, -0.2) is 11.8 Å². The van der Waals surface area contributed by atoms with Crippen molar-refractivity contribution in [1.29, 1.82) is 0 Å². The predicted octanol–water partition coefficient (Wildman–Crippen LogP) is 2.14. The van der Waals surface area contributed by atoms with Crippen LogP contribution in [-0.2, 0) is 0 Å². The van der Waals surface area contributed by atoms with Crippen molar-refractivity contribution in [3.05, 3.63) is 35.6 Å². The first-order valence-corrected chi connectivity index (χ1v) is 5.22. The molecule has 0 radical (unpaired) electrons. The SMILES string of the molecule is NC1CCC(C(=O)c2ccc(F)cc2)C1. The molecular weight excluding hydrogens is 193 g/mol. The first-order valence-electron chi connectivity index (χ1n) is 5.22. The number of benzene rings is 1. The summed E-state index contributed by atoms with van der Waals surface area (Å²) in [4.78, 5) is 11.9. The maximum absolute atomic E-state index is 12.7. The Balaban J connectivity index is 2.11. The van der Waals surface area contributed by atoms with Crippen molar-refractivity contribution < 1.29 is 9.18 Å². The standard InChI is InChI=1S/C12H14FNO/c13-10-4-1-8(2-5-10)12(15)9-3-6-11(14)7-9/h1-2,4-5,9,11H,3,6-7,14H2. The van der Waals surface area contributed by atoms with Crippen molar-refractivity contribution in [2.24, 2.45) is 11.7 Å². The third-order valence-electron chi connectivity index (χ3n) is 2.97. The minimum absolute atomic E-state index is 0.0328. The van der Waals surface area contributed by atoms with Gasteiger partial charge < -0.3 is 5.73 Å². The lowest BCUT2D eigenvalue weighted by Gasteiger charge is -2.07. The quantitative estimate of drug-likeness (QED) is 0.755. The number of halogens is 1. The summed E-state index contributed by atoms with van der Waals surface area (Å²) < 4.78 is 12.7. The number of Topliss-reactive ketones (excluding diaryl/α,β-unsaturated/α-hetero) is 1. The van der Waals surface area contributed by atoms with E-state index in [1.807, 2.05) is 0 Å². The number of nitrogens with two attached hydrogens (primary N) is 1. The summed E-state index contributed by atoms with van der Waals surface area (Å²) in [6.07, 6.45) is 2.53. The number of ketones is 1. The van der Waals surface area contributed by atoms with Crippen LogP contribution in [0.1, 0.15) is 29.6 Å². The van der Waals surface area contributed by atoms with Gasteiger partial charge >= 0.3 is 0 Å². The number of hydrogen-bond acceptors (Lipinski definition) is 2.